The first-order valence-electron chi connectivity index (χ1n) is 11.2. The fraction of sp³-hybridized carbons (Fsp3) is 0.400. The molecule has 2 aromatic rings. The minimum Gasteiger partial charge on any atom is -0.497 e. The van der Waals surface area contributed by atoms with Crippen molar-refractivity contribution in [3.05, 3.63) is 59.4 Å². The lowest BCUT2D eigenvalue weighted by molar-refractivity contribution is -0.135. The number of piperazine rings is 1. The smallest absolute Gasteiger partial charge is 0.257 e. The Morgan fingerprint density at radius 2 is 1.74 bits per heavy atom. The van der Waals surface area contributed by atoms with Crippen LogP contribution in [0.4, 0.5) is 4.39 Å². The van der Waals surface area contributed by atoms with Gasteiger partial charge >= 0.3 is 0 Å². The van der Waals surface area contributed by atoms with Gasteiger partial charge in [0.15, 0.2) is 0 Å². The van der Waals surface area contributed by atoms with Crippen LogP contribution in [0.25, 0.3) is 0 Å². The van der Waals surface area contributed by atoms with E-state index in [1.165, 1.54) is 17.1 Å². The van der Waals surface area contributed by atoms with Gasteiger partial charge in [0.2, 0.25) is 5.91 Å². The van der Waals surface area contributed by atoms with E-state index in [2.05, 4.69) is 5.10 Å². The van der Waals surface area contributed by atoms with Gasteiger partial charge in [0.1, 0.15) is 17.3 Å². The maximum atomic E-state index is 13.5. The zero-order chi connectivity index (χ0) is 24.2. The Labute approximate surface area is 198 Å². The predicted octanol–water partition coefficient (Wildman–Crippen LogP) is 2.68. The molecule has 4 rings (SSSR count). The summed E-state index contributed by atoms with van der Waals surface area (Å²) in [6.07, 6.45) is 0.470. The van der Waals surface area contributed by atoms with Crippen molar-refractivity contribution >= 4 is 17.5 Å². The number of carbonyl (C=O) groups excluding carboxylic acids is 2. The number of methoxy groups -OCH3 is 2. The number of hydrogen-bond donors (Lipinski definition) is 0. The van der Waals surface area contributed by atoms with Crippen molar-refractivity contribution in [1.29, 1.82) is 0 Å². The normalized spacial score (nSPS) is 18.6. The number of amides is 2. The van der Waals surface area contributed by atoms with Crippen LogP contribution in [-0.2, 0) is 9.59 Å². The second-order valence-corrected chi connectivity index (χ2v) is 8.40. The third-order valence-electron chi connectivity index (χ3n) is 6.32. The van der Waals surface area contributed by atoms with Gasteiger partial charge in [-0.3, -0.25) is 14.5 Å². The van der Waals surface area contributed by atoms with Crippen LogP contribution in [0.2, 0.25) is 0 Å². The summed E-state index contributed by atoms with van der Waals surface area (Å²) in [7, 11) is 3.16. The van der Waals surface area contributed by atoms with Gasteiger partial charge in [0.25, 0.3) is 5.91 Å². The number of halogens is 1. The first kappa shape index (κ1) is 23.7. The van der Waals surface area contributed by atoms with Crippen LogP contribution >= 0.6 is 0 Å². The standard InChI is InChI=1S/C25H29FN4O4/c1-17(31)29-12-10-28(11-13-29)16-25(32)30-23(21-9-8-20(33-2)14-24(21)34-3)15-22(27-30)18-4-6-19(26)7-5-18/h4-9,14,23H,10-13,15-16H2,1-3H3. The average Bonchev–Trinajstić information content (AvgIpc) is 3.29. The van der Waals surface area contributed by atoms with E-state index < -0.39 is 0 Å². The molecule has 2 aliphatic heterocycles. The highest BCUT2D eigenvalue weighted by Crippen LogP contribution is 2.39. The Hall–Kier alpha value is -3.46. The second-order valence-electron chi connectivity index (χ2n) is 8.40. The van der Waals surface area contributed by atoms with Gasteiger partial charge in [-0.2, -0.15) is 5.10 Å². The van der Waals surface area contributed by atoms with E-state index >= 15 is 0 Å². The first-order chi connectivity index (χ1) is 16.4. The summed E-state index contributed by atoms with van der Waals surface area (Å²) in [4.78, 5) is 28.9. The number of ether oxygens (including phenoxy) is 2. The number of nitrogens with zero attached hydrogens (tertiary/aromatic N) is 4. The predicted molar refractivity (Wildman–Crippen MR) is 125 cm³/mol. The summed E-state index contributed by atoms with van der Waals surface area (Å²) in [6, 6.07) is 11.3. The molecule has 8 nitrogen and oxygen atoms in total. The zero-order valence-corrected chi connectivity index (χ0v) is 19.7. The van der Waals surface area contributed by atoms with Gasteiger partial charge in [0.05, 0.1) is 32.5 Å². The van der Waals surface area contributed by atoms with E-state index in [4.69, 9.17) is 9.47 Å². The van der Waals surface area contributed by atoms with Crippen molar-refractivity contribution in [3.8, 4) is 11.5 Å². The van der Waals surface area contributed by atoms with Crippen molar-refractivity contribution in [1.82, 2.24) is 14.8 Å². The summed E-state index contributed by atoms with van der Waals surface area (Å²) >= 11 is 0. The quantitative estimate of drug-likeness (QED) is 0.652. The van der Waals surface area contributed by atoms with E-state index in [1.54, 1.807) is 44.2 Å². The Kier molecular flexibility index (Phi) is 7.12. The Morgan fingerprint density at radius 3 is 2.35 bits per heavy atom. The zero-order valence-electron chi connectivity index (χ0n) is 19.7. The molecular formula is C25H29FN4O4. The van der Waals surface area contributed by atoms with Crippen molar-refractivity contribution in [2.45, 2.75) is 19.4 Å². The molecule has 2 aliphatic rings. The van der Waals surface area contributed by atoms with E-state index in [9.17, 15) is 14.0 Å². The molecule has 180 valence electrons. The molecule has 9 heteroatoms. The van der Waals surface area contributed by atoms with Gasteiger partial charge in [-0.05, 0) is 29.8 Å². The molecule has 2 heterocycles. The van der Waals surface area contributed by atoms with E-state index in [1.807, 2.05) is 17.0 Å². The minimum absolute atomic E-state index is 0.0470. The molecule has 0 aliphatic carbocycles. The van der Waals surface area contributed by atoms with Gasteiger partial charge in [-0.15, -0.1) is 0 Å². The molecule has 2 amide bonds. The van der Waals surface area contributed by atoms with Crippen molar-refractivity contribution in [2.24, 2.45) is 5.10 Å². The van der Waals surface area contributed by atoms with Crippen LogP contribution in [0.5, 0.6) is 11.5 Å². The fourth-order valence-corrected chi connectivity index (χ4v) is 4.38. The molecule has 1 unspecified atom stereocenters. The fourth-order valence-electron chi connectivity index (χ4n) is 4.38. The first-order valence-corrected chi connectivity index (χ1v) is 11.2. The van der Waals surface area contributed by atoms with Crippen LogP contribution in [0.15, 0.2) is 47.6 Å². The molecule has 0 bridgehead atoms. The molecule has 0 spiro atoms. The highest BCUT2D eigenvalue weighted by molar-refractivity contribution is 6.03. The SMILES string of the molecule is COc1ccc(C2CC(c3ccc(F)cc3)=NN2C(=O)CN2CCN(C(C)=O)CC2)c(OC)c1. The van der Waals surface area contributed by atoms with Gasteiger partial charge in [0, 0.05) is 51.2 Å². The Bertz CT molecular complexity index is 1080. The molecule has 1 saturated heterocycles. The molecule has 0 saturated carbocycles. The summed E-state index contributed by atoms with van der Waals surface area (Å²) < 4.78 is 24.4. The summed E-state index contributed by atoms with van der Waals surface area (Å²) in [5, 5.41) is 6.19. The highest BCUT2D eigenvalue weighted by Gasteiger charge is 2.36. The summed E-state index contributed by atoms with van der Waals surface area (Å²) in [5.41, 5.74) is 2.29. The maximum Gasteiger partial charge on any atom is 0.257 e. The average molecular weight is 469 g/mol. The lowest BCUT2D eigenvalue weighted by atomic mass is 9.97. The lowest BCUT2D eigenvalue weighted by Gasteiger charge is -2.34. The molecular weight excluding hydrogens is 439 g/mol. The van der Waals surface area contributed by atoms with Gasteiger partial charge in [-0.25, -0.2) is 9.40 Å². The van der Waals surface area contributed by atoms with Gasteiger partial charge in [-0.1, -0.05) is 12.1 Å². The molecule has 1 fully saturated rings. The van der Waals surface area contributed by atoms with Crippen molar-refractivity contribution < 1.29 is 23.5 Å². The number of rotatable bonds is 6. The molecule has 34 heavy (non-hydrogen) atoms. The molecule has 2 aromatic carbocycles. The number of carbonyl (C=O) groups is 2. The molecule has 0 aromatic heterocycles. The van der Waals surface area contributed by atoms with Crippen LogP contribution in [0.1, 0.15) is 30.5 Å². The molecule has 0 N–H and O–H groups in total. The number of hydrazone groups is 1. The monoisotopic (exact) mass is 468 g/mol. The topological polar surface area (TPSA) is 74.7 Å². The van der Waals surface area contributed by atoms with Crippen LogP contribution in [0.3, 0.4) is 0 Å². The van der Waals surface area contributed by atoms with Crippen molar-refractivity contribution in [2.75, 3.05) is 46.9 Å². The third-order valence-corrected chi connectivity index (χ3v) is 6.32. The van der Waals surface area contributed by atoms with E-state index in [0.29, 0.717) is 49.8 Å². The number of hydrogen-bond acceptors (Lipinski definition) is 6. The van der Waals surface area contributed by atoms with Crippen LogP contribution in [-0.4, -0.2) is 79.3 Å². The summed E-state index contributed by atoms with van der Waals surface area (Å²) in [6.45, 7) is 4.21. The maximum absolute atomic E-state index is 13.5. The highest BCUT2D eigenvalue weighted by atomic mass is 19.1. The minimum atomic E-state index is -0.369. The van der Waals surface area contributed by atoms with Crippen LogP contribution < -0.4 is 9.47 Å². The molecule has 1 atom stereocenters. The lowest BCUT2D eigenvalue weighted by Crippen LogP contribution is -2.50. The van der Waals surface area contributed by atoms with Crippen LogP contribution in [0, 0.1) is 5.82 Å². The second kappa shape index (κ2) is 10.2. The Morgan fingerprint density at radius 1 is 1.03 bits per heavy atom. The Balaban J connectivity index is 1.59. The van der Waals surface area contributed by atoms with Gasteiger partial charge < -0.3 is 14.4 Å². The van der Waals surface area contributed by atoms with E-state index in [-0.39, 0.29) is 30.2 Å². The number of benzene rings is 2. The van der Waals surface area contributed by atoms with E-state index in [0.717, 1.165) is 11.1 Å². The third kappa shape index (κ3) is 5.04. The summed E-state index contributed by atoms with van der Waals surface area (Å²) in [5.74, 6) is 0.836. The largest absolute Gasteiger partial charge is 0.497 e. The van der Waals surface area contributed by atoms with Crippen molar-refractivity contribution in [3.63, 3.8) is 0 Å². The molecule has 0 radical (unpaired) electrons.